The molecule has 0 unspecified atom stereocenters. The number of halogens is 1. The summed E-state index contributed by atoms with van der Waals surface area (Å²) in [7, 11) is 1.57. The Morgan fingerprint density at radius 3 is 2.38 bits per heavy atom. The van der Waals surface area contributed by atoms with Gasteiger partial charge in [-0.1, -0.05) is 23.7 Å². The summed E-state index contributed by atoms with van der Waals surface area (Å²) in [5.74, 6) is -0.0224. The van der Waals surface area contributed by atoms with Crippen LogP contribution in [0.5, 0.6) is 17.2 Å². The predicted octanol–water partition coefficient (Wildman–Crippen LogP) is 3.49. The van der Waals surface area contributed by atoms with Gasteiger partial charge in [-0.2, -0.15) is 0 Å². The van der Waals surface area contributed by atoms with Gasteiger partial charge in [-0.15, -0.1) is 0 Å². The van der Waals surface area contributed by atoms with Crippen molar-refractivity contribution in [2.75, 3.05) is 7.11 Å². The van der Waals surface area contributed by atoms with E-state index in [9.17, 15) is 15.0 Å². The highest BCUT2D eigenvalue weighted by Crippen LogP contribution is 2.36. The Kier molecular flexibility index (Phi) is 4.38. The van der Waals surface area contributed by atoms with Crippen molar-refractivity contribution in [2.24, 2.45) is 0 Å². The van der Waals surface area contributed by atoms with E-state index >= 15 is 0 Å². The molecule has 0 bridgehead atoms. The molecule has 0 fully saturated rings. The maximum absolute atomic E-state index is 12.3. The van der Waals surface area contributed by atoms with Crippen LogP contribution in [0.15, 0.2) is 30.3 Å². The van der Waals surface area contributed by atoms with Gasteiger partial charge in [-0.05, 0) is 30.7 Å². The lowest BCUT2D eigenvalue weighted by Gasteiger charge is -2.10. The Morgan fingerprint density at radius 1 is 1.19 bits per heavy atom. The molecule has 4 nitrogen and oxygen atoms in total. The van der Waals surface area contributed by atoms with Gasteiger partial charge in [0.05, 0.1) is 17.7 Å². The average Bonchev–Trinajstić information content (AvgIpc) is 2.49. The first-order chi connectivity index (χ1) is 9.93. The highest BCUT2D eigenvalue weighted by molar-refractivity contribution is 6.32. The van der Waals surface area contributed by atoms with Crippen molar-refractivity contribution in [3.05, 3.63) is 52.0 Å². The number of aromatic hydroxyl groups is 2. The lowest BCUT2D eigenvalue weighted by molar-refractivity contribution is 0.0990. The number of Topliss-reactive ketones (excluding diaryl/α,β-unsaturated/α-hetero) is 1. The summed E-state index contributed by atoms with van der Waals surface area (Å²) in [5.41, 5.74) is 1.09. The van der Waals surface area contributed by atoms with Crippen molar-refractivity contribution >= 4 is 17.4 Å². The van der Waals surface area contributed by atoms with E-state index in [0.717, 1.165) is 5.56 Å². The van der Waals surface area contributed by atoms with Crippen LogP contribution in [0.2, 0.25) is 5.02 Å². The Balaban J connectivity index is 2.28. The van der Waals surface area contributed by atoms with E-state index in [1.54, 1.807) is 31.4 Å². The molecule has 110 valence electrons. The zero-order valence-corrected chi connectivity index (χ0v) is 12.4. The molecule has 2 rings (SSSR count). The summed E-state index contributed by atoms with van der Waals surface area (Å²) in [5, 5.41) is 19.6. The van der Waals surface area contributed by atoms with Crippen molar-refractivity contribution in [3.63, 3.8) is 0 Å². The number of ether oxygens (including phenoxy) is 1. The first-order valence-corrected chi connectivity index (χ1v) is 6.69. The molecule has 5 heteroatoms. The molecule has 0 aliphatic carbocycles. The fourth-order valence-corrected chi connectivity index (χ4v) is 2.24. The van der Waals surface area contributed by atoms with E-state index in [0.29, 0.717) is 5.75 Å². The van der Waals surface area contributed by atoms with E-state index in [4.69, 9.17) is 16.3 Å². The number of carbonyl (C=O) groups is 1. The quantitative estimate of drug-likeness (QED) is 0.849. The smallest absolute Gasteiger partial charge is 0.171 e. The molecule has 0 atom stereocenters. The number of phenolic OH excluding ortho intramolecular Hbond substituents is 2. The van der Waals surface area contributed by atoms with Crippen molar-refractivity contribution < 1.29 is 19.7 Å². The molecular formula is C16H15ClO4. The molecule has 0 saturated heterocycles. The van der Waals surface area contributed by atoms with E-state index in [-0.39, 0.29) is 39.9 Å². The molecule has 2 N–H and O–H groups in total. The highest BCUT2D eigenvalue weighted by atomic mass is 35.5. The van der Waals surface area contributed by atoms with Gasteiger partial charge >= 0.3 is 0 Å². The van der Waals surface area contributed by atoms with Crippen LogP contribution in [0.25, 0.3) is 0 Å². The molecule has 21 heavy (non-hydrogen) atoms. The topological polar surface area (TPSA) is 66.8 Å². The fourth-order valence-electron chi connectivity index (χ4n) is 1.99. The van der Waals surface area contributed by atoms with Crippen LogP contribution in [0.4, 0.5) is 0 Å². The van der Waals surface area contributed by atoms with Crippen LogP contribution in [-0.2, 0) is 6.42 Å². The maximum atomic E-state index is 12.3. The summed E-state index contributed by atoms with van der Waals surface area (Å²) in [6, 6.07) is 8.37. The lowest BCUT2D eigenvalue weighted by atomic mass is 9.99. The molecule has 0 spiro atoms. The van der Waals surface area contributed by atoms with Gasteiger partial charge < -0.3 is 14.9 Å². The van der Waals surface area contributed by atoms with Crippen molar-refractivity contribution in [2.45, 2.75) is 13.3 Å². The monoisotopic (exact) mass is 306 g/mol. The second kappa shape index (κ2) is 6.06. The van der Waals surface area contributed by atoms with Gasteiger partial charge in [0.25, 0.3) is 0 Å². The van der Waals surface area contributed by atoms with E-state index in [1.807, 2.05) is 0 Å². The molecular weight excluding hydrogens is 292 g/mol. The van der Waals surface area contributed by atoms with Gasteiger partial charge in [-0.25, -0.2) is 0 Å². The van der Waals surface area contributed by atoms with Crippen LogP contribution in [0, 0.1) is 6.92 Å². The molecule has 0 aliphatic rings. The third kappa shape index (κ3) is 3.11. The summed E-state index contributed by atoms with van der Waals surface area (Å²) >= 11 is 5.85. The van der Waals surface area contributed by atoms with Gasteiger partial charge in [-0.3, -0.25) is 4.79 Å². The molecule has 0 amide bonds. The number of hydrogen-bond acceptors (Lipinski definition) is 4. The lowest BCUT2D eigenvalue weighted by Crippen LogP contribution is -2.05. The molecule has 2 aromatic carbocycles. The minimum Gasteiger partial charge on any atom is -0.507 e. The summed E-state index contributed by atoms with van der Waals surface area (Å²) in [6.45, 7) is 1.50. The molecule has 0 radical (unpaired) electrons. The van der Waals surface area contributed by atoms with Gasteiger partial charge in [0, 0.05) is 12.0 Å². The summed E-state index contributed by atoms with van der Waals surface area (Å²) in [6.07, 6.45) is 0.123. The minimum atomic E-state index is -0.275. The number of rotatable bonds is 4. The van der Waals surface area contributed by atoms with Gasteiger partial charge in [0.15, 0.2) is 5.78 Å². The third-order valence-electron chi connectivity index (χ3n) is 3.29. The third-order valence-corrected chi connectivity index (χ3v) is 3.58. The van der Waals surface area contributed by atoms with Crippen LogP contribution >= 0.6 is 11.6 Å². The van der Waals surface area contributed by atoms with E-state index < -0.39 is 0 Å². The first kappa shape index (κ1) is 15.2. The normalized spacial score (nSPS) is 10.4. The maximum Gasteiger partial charge on any atom is 0.171 e. The fraction of sp³-hybridized carbons (Fsp3) is 0.188. The van der Waals surface area contributed by atoms with Crippen LogP contribution in [0.1, 0.15) is 21.5 Å². The Bertz CT molecular complexity index is 678. The number of benzene rings is 2. The van der Waals surface area contributed by atoms with Crippen molar-refractivity contribution in [1.82, 2.24) is 0 Å². The molecule has 0 saturated carbocycles. The zero-order chi connectivity index (χ0) is 15.6. The van der Waals surface area contributed by atoms with Crippen LogP contribution in [-0.4, -0.2) is 23.1 Å². The number of carbonyl (C=O) groups excluding carboxylic acids is 1. The van der Waals surface area contributed by atoms with Crippen molar-refractivity contribution in [3.8, 4) is 17.2 Å². The SMILES string of the molecule is COc1ccc(CC(=O)c2cc(Cl)c(O)c(C)c2O)cc1. The van der Waals surface area contributed by atoms with E-state index in [2.05, 4.69) is 0 Å². The molecule has 2 aromatic rings. The number of hydrogen-bond donors (Lipinski definition) is 2. The highest BCUT2D eigenvalue weighted by Gasteiger charge is 2.18. The van der Waals surface area contributed by atoms with Gasteiger partial charge in [0.1, 0.15) is 17.2 Å². The number of methoxy groups -OCH3 is 1. The van der Waals surface area contributed by atoms with Crippen molar-refractivity contribution in [1.29, 1.82) is 0 Å². The number of ketones is 1. The number of phenols is 2. The average molecular weight is 307 g/mol. The predicted molar refractivity (Wildman–Crippen MR) is 80.5 cm³/mol. The largest absolute Gasteiger partial charge is 0.507 e. The standard InChI is InChI=1S/C16H15ClO4/c1-9-15(19)12(8-13(17)16(9)20)14(18)7-10-3-5-11(21-2)6-4-10/h3-6,8,19-20H,7H2,1-2H3. The molecule has 0 heterocycles. The summed E-state index contributed by atoms with van der Waals surface area (Å²) in [4.78, 5) is 12.3. The van der Waals surface area contributed by atoms with Crippen LogP contribution in [0.3, 0.4) is 0 Å². The molecule has 0 aliphatic heterocycles. The van der Waals surface area contributed by atoms with Crippen LogP contribution < -0.4 is 4.74 Å². The minimum absolute atomic E-state index is 0.0448. The second-order valence-electron chi connectivity index (χ2n) is 4.68. The Hall–Kier alpha value is -2.20. The summed E-state index contributed by atoms with van der Waals surface area (Å²) < 4.78 is 5.05. The second-order valence-corrected chi connectivity index (χ2v) is 5.08. The first-order valence-electron chi connectivity index (χ1n) is 6.31. The zero-order valence-electron chi connectivity index (χ0n) is 11.7. The van der Waals surface area contributed by atoms with E-state index in [1.165, 1.54) is 13.0 Å². The Morgan fingerprint density at radius 2 is 1.81 bits per heavy atom. The Labute approximate surface area is 127 Å². The van der Waals surface area contributed by atoms with Gasteiger partial charge in [0.2, 0.25) is 0 Å². The molecule has 0 aromatic heterocycles.